The lowest BCUT2D eigenvalue weighted by atomic mass is 10.1. The molecule has 140 valence electrons. The van der Waals surface area contributed by atoms with Crippen molar-refractivity contribution in [2.45, 2.75) is 56.7 Å². The van der Waals surface area contributed by atoms with Gasteiger partial charge in [0.2, 0.25) is 0 Å². The van der Waals surface area contributed by atoms with Crippen LogP contribution < -0.4 is 0 Å². The van der Waals surface area contributed by atoms with E-state index in [-0.39, 0.29) is 17.7 Å². The predicted molar refractivity (Wildman–Crippen MR) is 100 cm³/mol. The fourth-order valence-electron chi connectivity index (χ4n) is 2.36. The molecule has 0 atom stereocenters. The Morgan fingerprint density at radius 1 is 0.880 bits per heavy atom. The van der Waals surface area contributed by atoms with E-state index in [0.717, 1.165) is 19.3 Å². The Hall–Kier alpha value is -1.26. The number of benzene rings is 1. The smallest absolute Gasteiger partial charge is 0.339 e. The number of hydrogen-bond donors (Lipinski definition) is 0. The zero-order valence-electron chi connectivity index (χ0n) is 14.6. The number of ether oxygens (including phenoxy) is 2. The number of unbranched alkanes of at least 4 members (excludes halogenated alkanes) is 6. The first kappa shape index (κ1) is 21.8. The van der Waals surface area contributed by atoms with E-state index in [0.29, 0.717) is 6.61 Å². The Morgan fingerprint density at radius 2 is 1.40 bits per heavy atom. The summed E-state index contributed by atoms with van der Waals surface area (Å²) in [6.07, 6.45) is 8.00. The molecule has 0 fully saturated rings. The lowest BCUT2D eigenvalue weighted by Crippen LogP contribution is -2.16. The molecule has 0 aromatic heterocycles. The van der Waals surface area contributed by atoms with Crippen LogP contribution in [0.2, 0.25) is 0 Å². The molecule has 0 bridgehead atoms. The maximum atomic E-state index is 12.2. The summed E-state index contributed by atoms with van der Waals surface area (Å²) in [5.74, 6) is -1.17. The lowest BCUT2D eigenvalue weighted by Gasteiger charge is -2.10. The van der Waals surface area contributed by atoms with Crippen LogP contribution in [-0.4, -0.2) is 30.0 Å². The monoisotopic (exact) mass is 388 g/mol. The summed E-state index contributed by atoms with van der Waals surface area (Å²) in [6, 6.07) is 6.39. The maximum Gasteiger partial charge on any atom is 0.339 e. The second-order valence-electron chi connectivity index (χ2n) is 5.79. The Labute approximate surface area is 159 Å². The fourth-order valence-corrected chi connectivity index (χ4v) is 2.48. The molecule has 0 aliphatic carbocycles. The number of carbonyl (C=O) groups excluding carboxylic acids is 2. The molecule has 25 heavy (non-hydrogen) atoms. The first-order valence-electron chi connectivity index (χ1n) is 8.77. The topological polar surface area (TPSA) is 52.6 Å². The van der Waals surface area contributed by atoms with Crippen LogP contribution in [0.15, 0.2) is 24.3 Å². The van der Waals surface area contributed by atoms with Crippen molar-refractivity contribution in [1.82, 2.24) is 0 Å². The van der Waals surface area contributed by atoms with Gasteiger partial charge in [-0.1, -0.05) is 57.6 Å². The van der Waals surface area contributed by atoms with E-state index >= 15 is 0 Å². The van der Waals surface area contributed by atoms with Gasteiger partial charge in [0.05, 0.1) is 17.7 Å². The highest BCUT2D eigenvalue weighted by Crippen LogP contribution is 2.14. The summed E-state index contributed by atoms with van der Waals surface area (Å²) in [4.78, 5) is 23.4. The summed E-state index contributed by atoms with van der Waals surface area (Å²) >= 11 is 11.1. The van der Waals surface area contributed by atoms with Crippen molar-refractivity contribution in [2.24, 2.45) is 0 Å². The summed E-state index contributed by atoms with van der Waals surface area (Å²) in [5, 5.41) is 0. The molecule has 0 radical (unpaired) electrons. The van der Waals surface area contributed by atoms with Crippen molar-refractivity contribution in [3.63, 3.8) is 0 Å². The van der Waals surface area contributed by atoms with Gasteiger partial charge >= 0.3 is 11.9 Å². The van der Waals surface area contributed by atoms with Crippen LogP contribution in [-0.2, 0) is 9.47 Å². The lowest BCUT2D eigenvalue weighted by molar-refractivity contribution is 0.0460. The molecule has 1 aromatic carbocycles. The van der Waals surface area contributed by atoms with Gasteiger partial charge in [-0.2, -0.15) is 0 Å². The summed E-state index contributed by atoms with van der Waals surface area (Å²) < 4.78 is 10.2. The molecule has 0 unspecified atom stereocenters. The van der Waals surface area contributed by atoms with Gasteiger partial charge in [-0.25, -0.2) is 9.59 Å². The van der Waals surface area contributed by atoms with Gasteiger partial charge in [0.1, 0.15) is 11.4 Å². The van der Waals surface area contributed by atoms with E-state index < -0.39 is 16.8 Å². The molecule has 0 heterocycles. The van der Waals surface area contributed by atoms with Gasteiger partial charge in [-0.15, -0.1) is 23.2 Å². The predicted octanol–water partition coefficient (Wildman–Crippen LogP) is 5.55. The molecule has 4 nitrogen and oxygen atoms in total. The van der Waals surface area contributed by atoms with Crippen LogP contribution in [0, 0.1) is 0 Å². The molecule has 0 saturated carbocycles. The van der Waals surface area contributed by atoms with Gasteiger partial charge in [-0.3, -0.25) is 0 Å². The molecule has 0 saturated heterocycles. The largest absolute Gasteiger partial charge is 0.462 e. The molecule has 0 amide bonds. The minimum absolute atomic E-state index is 0.136. The Bertz CT molecular complexity index is 532. The first-order chi connectivity index (χ1) is 12.1. The van der Waals surface area contributed by atoms with E-state index in [2.05, 4.69) is 6.92 Å². The van der Waals surface area contributed by atoms with Gasteiger partial charge in [-0.05, 0) is 18.6 Å². The highest BCUT2D eigenvalue weighted by molar-refractivity contribution is 6.44. The van der Waals surface area contributed by atoms with E-state index in [1.165, 1.54) is 31.7 Å². The average Bonchev–Trinajstić information content (AvgIpc) is 2.61. The zero-order valence-corrected chi connectivity index (χ0v) is 16.2. The molecule has 6 heteroatoms. The van der Waals surface area contributed by atoms with Crippen LogP contribution >= 0.6 is 23.2 Å². The molecule has 0 N–H and O–H groups in total. The molecular weight excluding hydrogens is 363 g/mol. The van der Waals surface area contributed by atoms with Crippen molar-refractivity contribution in [2.75, 3.05) is 13.2 Å². The summed E-state index contributed by atoms with van der Waals surface area (Å²) in [7, 11) is 0. The molecule has 1 aromatic rings. The van der Waals surface area contributed by atoms with Crippen molar-refractivity contribution in [3.8, 4) is 0 Å². The first-order valence-corrected chi connectivity index (χ1v) is 9.65. The van der Waals surface area contributed by atoms with E-state index in [9.17, 15) is 9.59 Å². The summed E-state index contributed by atoms with van der Waals surface area (Å²) in [6.45, 7) is 2.40. The number of alkyl halides is 2. The highest BCUT2D eigenvalue weighted by Gasteiger charge is 2.19. The van der Waals surface area contributed by atoms with Crippen LogP contribution in [0.5, 0.6) is 0 Å². The zero-order chi connectivity index (χ0) is 18.5. The average molecular weight is 389 g/mol. The number of esters is 2. The summed E-state index contributed by atoms with van der Waals surface area (Å²) in [5.41, 5.74) is 0.345. The molecule has 0 spiro atoms. The van der Waals surface area contributed by atoms with E-state index in [1.54, 1.807) is 18.2 Å². The second-order valence-corrected chi connectivity index (χ2v) is 7.07. The Morgan fingerprint density at radius 3 is 1.96 bits per heavy atom. The molecule has 0 aliphatic rings. The van der Waals surface area contributed by atoms with E-state index in [4.69, 9.17) is 32.7 Å². The van der Waals surface area contributed by atoms with Crippen LogP contribution in [0.4, 0.5) is 0 Å². The van der Waals surface area contributed by atoms with Gasteiger partial charge in [0.25, 0.3) is 0 Å². The van der Waals surface area contributed by atoms with E-state index in [1.807, 2.05) is 0 Å². The second kappa shape index (κ2) is 13.0. The quantitative estimate of drug-likeness (QED) is 0.267. The minimum atomic E-state index is -0.805. The van der Waals surface area contributed by atoms with Gasteiger partial charge < -0.3 is 9.47 Å². The third kappa shape index (κ3) is 9.13. The van der Waals surface area contributed by atoms with Gasteiger partial charge in [0.15, 0.2) is 0 Å². The third-order valence-electron chi connectivity index (χ3n) is 3.69. The minimum Gasteiger partial charge on any atom is -0.462 e. The highest BCUT2D eigenvalue weighted by atomic mass is 35.5. The van der Waals surface area contributed by atoms with Crippen molar-refractivity contribution in [1.29, 1.82) is 0 Å². The number of hydrogen-bond acceptors (Lipinski definition) is 4. The van der Waals surface area contributed by atoms with Crippen molar-refractivity contribution < 1.29 is 19.1 Å². The normalized spacial score (nSPS) is 10.7. The maximum absolute atomic E-state index is 12.2. The van der Waals surface area contributed by atoms with Crippen LogP contribution in [0.25, 0.3) is 0 Å². The molecule has 1 rings (SSSR count). The SMILES string of the molecule is CCCCCCCCCOC(=O)c1ccccc1C(=O)OCC(Cl)Cl. The Balaban J connectivity index is 2.41. The number of carbonyl (C=O) groups is 2. The number of rotatable bonds is 12. The Kier molecular flexibility index (Phi) is 11.3. The van der Waals surface area contributed by atoms with Crippen molar-refractivity contribution in [3.05, 3.63) is 35.4 Å². The molecule has 0 aliphatic heterocycles. The van der Waals surface area contributed by atoms with Crippen LogP contribution in [0.3, 0.4) is 0 Å². The number of halogens is 2. The van der Waals surface area contributed by atoms with Gasteiger partial charge in [0, 0.05) is 0 Å². The standard InChI is InChI=1S/C19H26Cl2O4/c1-2-3-4-5-6-7-10-13-24-18(22)15-11-8-9-12-16(15)19(23)25-14-17(20)21/h8-9,11-12,17H,2-7,10,13-14H2,1H3. The third-order valence-corrected chi connectivity index (χ3v) is 3.94. The van der Waals surface area contributed by atoms with Crippen LogP contribution in [0.1, 0.15) is 72.6 Å². The van der Waals surface area contributed by atoms with Crippen molar-refractivity contribution >= 4 is 35.1 Å². The molecular formula is C19H26Cl2O4. The fraction of sp³-hybridized carbons (Fsp3) is 0.579.